The number of nitriles is 1. The molecule has 0 atom stereocenters. The molecular formula is C17H14ClFN4O. The van der Waals surface area contributed by atoms with Gasteiger partial charge in [0, 0.05) is 18.4 Å². The average Bonchev–Trinajstić information content (AvgIpc) is 2.56. The van der Waals surface area contributed by atoms with Gasteiger partial charge in [-0.25, -0.2) is 4.39 Å². The van der Waals surface area contributed by atoms with Gasteiger partial charge in [0.25, 0.3) is 5.91 Å². The number of nitrogens with one attached hydrogen (secondary N) is 2. The lowest BCUT2D eigenvalue weighted by Crippen LogP contribution is -2.16. The first-order chi connectivity index (χ1) is 11.5. The van der Waals surface area contributed by atoms with Crippen LogP contribution in [-0.2, 0) is 11.3 Å². The highest BCUT2D eigenvalue weighted by Crippen LogP contribution is 2.22. The molecule has 5 nitrogen and oxygen atoms in total. The molecule has 2 rings (SSSR count). The van der Waals surface area contributed by atoms with E-state index in [-0.39, 0.29) is 11.4 Å². The fraction of sp³-hybridized carbons (Fsp3) is 0.0588. The number of benzene rings is 2. The SMILES string of the molecule is N#C/C(=C/NCc1ccc(F)cc1)C(=O)Nc1ccc(N)c(Cl)c1. The Bertz CT molecular complexity index is 812. The second-order valence-corrected chi connectivity index (χ2v) is 5.27. The van der Waals surface area contributed by atoms with Crippen LogP contribution in [0, 0.1) is 17.1 Å². The maximum atomic E-state index is 12.8. The van der Waals surface area contributed by atoms with E-state index in [4.69, 9.17) is 22.6 Å². The fourth-order valence-electron chi connectivity index (χ4n) is 1.83. The van der Waals surface area contributed by atoms with E-state index in [1.54, 1.807) is 24.3 Å². The molecular weight excluding hydrogens is 331 g/mol. The number of carbonyl (C=O) groups is 1. The van der Waals surface area contributed by atoms with E-state index in [9.17, 15) is 9.18 Å². The van der Waals surface area contributed by atoms with Gasteiger partial charge in [-0.1, -0.05) is 23.7 Å². The second-order valence-electron chi connectivity index (χ2n) is 4.87. The predicted molar refractivity (Wildman–Crippen MR) is 91.4 cm³/mol. The monoisotopic (exact) mass is 344 g/mol. The fourth-order valence-corrected chi connectivity index (χ4v) is 2.01. The van der Waals surface area contributed by atoms with Gasteiger partial charge in [-0.3, -0.25) is 4.79 Å². The molecule has 7 heteroatoms. The number of anilines is 2. The van der Waals surface area contributed by atoms with Gasteiger partial charge >= 0.3 is 0 Å². The second kappa shape index (κ2) is 7.99. The van der Waals surface area contributed by atoms with Gasteiger partial charge in [0.1, 0.15) is 17.5 Å². The standard InChI is InChI=1S/C17H14ClFN4O/c18-15-7-14(5-6-16(15)21)23-17(24)12(8-20)10-22-9-11-1-3-13(19)4-2-11/h1-7,10,22H,9,21H2,(H,23,24)/b12-10-. The summed E-state index contributed by atoms with van der Waals surface area (Å²) in [4.78, 5) is 12.1. The van der Waals surface area contributed by atoms with Crippen LogP contribution in [0.5, 0.6) is 0 Å². The summed E-state index contributed by atoms with van der Waals surface area (Å²) in [6.45, 7) is 0.354. The van der Waals surface area contributed by atoms with Crippen molar-refractivity contribution in [2.24, 2.45) is 0 Å². The molecule has 0 heterocycles. The van der Waals surface area contributed by atoms with E-state index in [1.807, 2.05) is 6.07 Å². The molecule has 0 spiro atoms. The number of rotatable bonds is 5. The Hall–Kier alpha value is -3.04. The minimum absolute atomic E-state index is 0.106. The van der Waals surface area contributed by atoms with Crippen LogP contribution in [0.1, 0.15) is 5.56 Å². The molecule has 122 valence electrons. The average molecular weight is 345 g/mol. The van der Waals surface area contributed by atoms with Crippen LogP contribution in [0.2, 0.25) is 5.02 Å². The highest BCUT2D eigenvalue weighted by atomic mass is 35.5. The molecule has 2 aromatic rings. The van der Waals surface area contributed by atoms with E-state index in [1.165, 1.54) is 24.4 Å². The zero-order valence-electron chi connectivity index (χ0n) is 12.5. The number of nitrogen functional groups attached to an aromatic ring is 1. The molecule has 0 saturated heterocycles. The Labute approximate surface area is 143 Å². The van der Waals surface area contributed by atoms with Crippen molar-refractivity contribution >= 4 is 28.9 Å². The van der Waals surface area contributed by atoms with Crippen molar-refractivity contribution in [1.82, 2.24) is 5.32 Å². The summed E-state index contributed by atoms with van der Waals surface area (Å²) in [7, 11) is 0. The molecule has 4 N–H and O–H groups in total. The van der Waals surface area contributed by atoms with Gasteiger partial charge in [-0.2, -0.15) is 5.26 Å². The van der Waals surface area contributed by atoms with E-state index >= 15 is 0 Å². The van der Waals surface area contributed by atoms with Crippen molar-refractivity contribution in [3.63, 3.8) is 0 Å². The van der Waals surface area contributed by atoms with Gasteiger partial charge < -0.3 is 16.4 Å². The maximum absolute atomic E-state index is 12.8. The first-order valence-corrected chi connectivity index (χ1v) is 7.32. The summed E-state index contributed by atoms with van der Waals surface area (Å²) in [5, 5.41) is 14.8. The van der Waals surface area contributed by atoms with Crippen molar-refractivity contribution in [2.45, 2.75) is 6.54 Å². The largest absolute Gasteiger partial charge is 0.398 e. The predicted octanol–water partition coefficient (Wildman–Crippen LogP) is 3.20. The van der Waals surface area contributed by atoms with Crippen LogP contribution in [0.3, 0.4) is 0 Å². The molecule has 0 unspecified atom stereocenters. The topological polar surface area (TPSA) is 90.9 Å². The lowest BCUT2D eigenvalue weighted by Gasteiger charge is -2.07. The molecule has 1 amide bonds. The molecule has 0 radical (unpaired) electrons. The smallest absolute Gasteiger partial charge is 0.267 e. The first kappa shape index (κ1) is 17.3. The van der Waals surface area contributed by atoms with Crippen LogP contribution >= 0.6 is 11.6 Å². The molecule has 0 aromatic heterocycles. The Morgan fingerprint density at radius 2 is 2.00 bits per heavy atom. The molecule has 2 aromatic carbocycles. The Morgan fingerprint density at radius 1 is 1.29 bits per heavy atom. The third-order valence-corrected chi connectivity index (χ3v) is 3.42. The number of nitrogens with two attached hydrogens (primary N) is 1. The van der Waals surface area contributed by atoms with E-state index in [0.29, 0.717) is 22.9 Å². The van der Waals surface area contributed by atoms with Crippen LogP contribution in [0.4, 0.5) is 15.8 Å². The minimum atomic E-state index is -0.579. The van der Waals surface area contributed by atoms with E-state index in [0.717, 1.165) is 5.56 Å². The summed E-state index contributed by atoms with van der Waals surface area (Å²) in [5.41, 5.74) is 7.13. The summed E-state index contributed by atoms with van der Waals surface area (Å²) < 4.78 is 12.8. The normalized spacial score (nSPS) is 10.8. The van der Waals surface area contributed by atoms with Gasteiger partial charge in [0.2, 0.25) is 0 Å². The molecule has 0 saturated carbocycles. The van der Waals surface area contributed by atoms with Crippen molar-refractivity contribution < 1.29 is 9.18 Å². The zero-order valence-corrected chi connectivity index (χ0v) is 13.3. The molecule has 0 bridgehead atoms. The minimum Gasteiger partial charge on any atom is -0.398 e. The Morgan fingerprint density at radius 3 is 2.62 bits per heavy atom. The number of halogens is 2. The quantitative estimate of drug-likeness (QED) is 0.441. The summed E-state index contributed by atoms with van der Waals surface area (Å²) in [6, 6.07) is 12.3. The molecule has 0 aliphatic heterocycles. The Kier molecular flexibility index (Phi) is 5.77. The lowest BCUT2D eigenvalue weighted by atomic mass is 10.2. The van der Waals surface area contributed by atoms with Crippen LogP contribution < -0.4 is 16.4 Å². The summed E-state index contributed by atoms with van der Waals surface area (Å²) >= 11 is 5.88. The first-order valence-electron chi connectivity index (χ1n) is 6.94. The van der Waals surface area contributed by atoms with Gasteiger partial charge in [-0.15, -0.1) is 0 Å². The number of hydrogen-bond donors (Lipinski definition) is 3. The van der Waals surface area contributed by atoms with Gasteiger partial charge in [0.15, 0.2) is 0 Å². The van der Waals surface area contributed by atoms with Crippen LogP contribution in [0.25, 0.3) is 0 Å². The lowest BCUT2D eigenvalue weighted by molar-refractivity contribution is -0.112. The number of nitrogens with zero attached hydrogens (tertiary/aromatic N) is 1. The number of amides is 1. The van der Waals surface area contributed by atoms with Crippen molar-refractivity contribution in [3.8, 4) is 6.07 Å². The van der Waals surface area contributed by atoms with Crippen LogP contribution in [0.15, 0.2) is 54.2 Å². The maximum Gasteiger partial charge on any atom is 0.267 e. The molecule has 0 fully saturated rings. The zero-order chi connectivity index (χ0) is 17.5. The number of carbonyl (C=O) groups excluding carboxylic acids is 1. The highest BCUT2D eigenvalue weighted by Gasteiger charge is 2.10. The van der Waals surface area contributed by atoms with E-state index in [2.05, 4.69) is 10.6 Å². The van der Waals surface area contributed by atoms with Crippen molar-refractivity contribution in [1.29, 1.82) is 5.26 Å². The third kappa shape index (κ3) is 4.73. The number of hydrogen-bond acceptors (Lipinski definition) is 4. The summed E-state index contributed by atoms with van der Waals surface area (Å²) in [5.74, 6) is -0.904. The van der Waals surface area contributed by atoms with Gasteiger partial charge in [-0.05, 0) is 35.9 Å². The Balaban J connectivity index is 1.98. The highest BCUT2D eigenvalue weighted by molar-refractivity contribution is 6.33. The van der Waals surface area contributed by atoms with Crippen LogP contribution in [-0.4, -0.2) is 5.91 Å². The third-order valence-electron chi connectivity index (χ3n) is 3.09. The molecule has 0 aliphatic carbocycles. The summed E-state index contributed by atoms with van der Waals surface area (Å²) in [6.07, 6.45) is 1.30. The molecule has 0 aliphatic rings. The van der Waals surface area contributed by atoms with E-state index < -0.39 is 5.91 Å². The van der Waals surface area contributed by atoms with Crippen molar-refractivity contribution in [2.75, 3.05) is 11.1 Å². The molecule has 24 heavy (non-hydrogen) atoms. The van der Waals surface area contributed by atoms with Crippen molar-refractivity contribution in [3.05, 3.63) is 70.6 Å². The van der Waals surface area contributed by atoms with Gasteiger partial charge in [0.05, 0.1) is 10.7 Å².